The van der Waals surface area contributed by atoms with Crippen LogP contribution in [0.4, 0.5) is 0 Å². The summed E-state index contributed by atoms with van der Waals surface area (Å²) in [5.41, 5.74) is 0. The molecular weight excluding hydrogens is 1120 g/mol. The van der Waals surface area contributed by atoms with Crippen molar-refractivity contribution >= 4 is 5.91 Å². The number of carbonyl (C=O) groups is 1. The van der Waals surface area contributed by atoms with Gasteiger partial charge in [-0.2, -0.15) is 0 Å². The number of allylic oxidation sites excluding steroid dienone is 11. The Balaban J connectivity index is 1.46. The van der Waals surface area contributed by atoms with Gasteiger partial charge in [0.15, 0.2) is 18.9 Å². The second-order valence-electron chi connectivity index (χ2n) is 23.9. The van der Waals surface area contributed by atoms with Gasteiger partial charge in [0.1, 0.15) is 73.2 Å². The predicted octanol–water partition coefficient (Wildman–Crippen LogP) is 8.16. The van der Waals surface area contributed by atoms with Crippen LogP contribution in [-0.4, -0.2) is 193 Å². The molecule has 12 N–H and O–H groups in total. The Kier molecular flexibility index (Phi) is 45.0. The van der Waals surface area contributed by atoms with Crippen molar-refractivity contribution in [3.8, 4) is 0 Å². The van der Waals surface area contributed by atoms with Crippen molar-refractivity contribution in [2.24, 2.45) is 0 Å². The molecule has 0 aromatic rings. The summed E-state index contributed by atoms with van der Waals surface area (Å²) < 4.78 is 34.3. The molecule has 0 aliphatic carbocycles. The molecule has 504 valence electrons. The Morgan fingerprint density at radius 2 is 0.805 bits per heavy atom. The molecule has 17 unspecified atom stereocenters. The van der Waals surface area contributed by atoms with E-state index < -0.39 is 124 Å². The smallest absolute Gasteiger partial charge is 0.220 e. The lowest BCUT2D eigenvalue weighted by Gasteiger charge is -2.48. The van der Waals surface area contributed by atoms with E-state index in [1.807, 2.05) is 6.08 Å². The summed E-state index contributed by atoms with van der Waals surface area (Å²) in [7, 11) is 0. The zero-order valence-electron chi connectivity index (χ0n) is 53.0. The highest BCUT2D eigenvalue weighted by atomic mass is 16.8. The number of hydrogen-bond donors (Lipinski definition) is 12. The summed E-state index contributed by atoms with van der Waals surface area (Å²) in [6, 6.07) is -1.01. The summed E-state index contributed by atoms with van der Waals surface area (Å²) in [5.74, 6) is -0.309. The van der Waals surface area contributed by atoms with Crippen LogP contribution in [0.2, 0.25) is 0 Å². The zero-order valence-corrected chi connectivity index (χ0v) is 53.0. The van der Waals surface area contributed by atoms with Crippen LogP contribution in [0.15, 0.2) is 72.9 Å². The summed E-state index contributed by atoms with van der Waals surface area (Å²) in [5, 5.41) is 120. The maximum atomic E-state index is 13.3. The Morgan fingerprint density at radius 3 is 1.29 bits per heavy atom. The van der Waals surface area contributed by atoms with Crippen molar-refractivity contribution in [1.82, 2.24) is 5.32 Å². The quantitative estimate of drug-likeness (QED) is 0.0202. The van der Waals surface area contributed by atoms with Gasteiger partial charge in [0.2, 0.25) is 5.91 Å². The van der Waals surface area contributed by atoms with Gasteiger partial charge in [0.05, 0.1) is 38.6 Å². The number of rotatable bonds is 50. The van der Waals surface area contributed by atoms with Crippen molar-refractivity contribution < 1.29 is 89.4 Å². The summed E-state index contributed by atoms with van der Waals surface area (Å²) in [4.78, 5) is 13.3. The SMILES string of the molecule is CC/C=C\C/C=C\C/C=C\CCCCCCCC(=O)NC(COC1OC(CO)C(OC2OC(CO)C(OC3OC(CO)C(O)C(O)C3O)C(O)C2O)C(O)C1O)C(O)/C=C/CC/C=C/CC/C=C/CCCCCCCCCCCCCCCCCCC. The summed E-state index contributed by atoms with van der Waals surface area (Å²) >= 11 is 0. The molecule has 3 fully saturated rings. The van der Waals surface area contributed by atoms with Gasteiger partial charge in [0, 0.05) is 6.42 Å². The van der Waals surface area contributed by atoms with E-state index in [0.29, 0.717) is 12.8 Å². The third kappa shape index (κ3) is 32.4. The van der Waals surface area contributed by atoms with Crippen LogP contribution in [0.25, 0.3) is 0 Å². The molecule has 0 aromatic carbocycles. The van der Waals surface area contributed by atoms with Crippen LogP contribution < -0.4 is 5.32 Å². The number of hydrogen-bond acceptors (Lipinski definition) is 18. The third-order valence-electron chi connectivity index (χ3n) is 16.5. The monoisotopic (exact) mass is 1240 g/mol. The van der Waals surface area contributed by atoms with Gasteiger partial charge in [0.25, 0.3) is 0 Å². The Bertz CT molecular complexity index is 1860. The van der Waals surface area contributed by atoms with E-state index in [2.05, 4.69) is 79.9 Å². The number of nitrogens with one attached hydrogen (secondary N) is 1. The highest BCUT2D eigenvalue weighted by molar-refractivity contribution is 5.76. The summed E-state index contributed by atoms with van der Waals surface area (Å²) in [6.07, 6.45) is 34.7. The first-order valence-corrected chi connectivity index (χ1v) is 33.7. The second-order valence-corrected chi connectivity index (χ2v) is 23.9. The van der Waals surface area contributed by atoms with Crippen LogP contribution in [0.5, 0.6) is 0 Å². The maximum absolute atomic E-state index is 13.3. The minimum absolute atomic E-state index is 0.209. The average molecular weight is 1240 g/mol. The second kappa shape index (κ2) is 49.9. The zero-order chi connectivity index (χ0) is 63.3. The Morgan fingerprint density at radius 1 is 0.425 bits per heavy atom. The number of carbonyl (C=O) groups excluding carboxylic acids is 1. The minimum Gasteiger partial charge on any atom is -0.394 e. The van der Waals surface area contributed by atoms with E-state index >= 15 is 0 Å². The first-order valence-electron chi connectivity index (χ1n) is 33.7. The van der Waals surface area contributed by atoms with Crippen molar-refractivity contribution in [2.75, 3.05) is 26.4 Å². The largest absolute Gasteiger partial charge is 0.394 e. The van der Waals surface area contributed by atoms with Crippen molar-refractivity contribution in [3.63, 3.8) is 0 Å². The lowest BCUT2D eigenvalue weighted by Crippen LogP contribution is -2.66. The van der Waals surface area contributed by atoms with E-state index in [1.165, 1.54) is 109 Å². The molecule has 87 heavy (non-hydrogen) atoms. The Hall–Kier alpha value is -2.77. The number of unbranched alkanes of at least 4 members (excludes halogenated alkanes) is 24. The van der Waals surface area contributed by atoms with Gasteiger partial charge in [-0.05, 0) is 77.0 Å². The van der Waals surface area contributed by atoms with Crippen LogP contribution in [-0.2, 0) is 33.2 Å². The third-order valence-corrected chi connectivity index (χ3v) is 16.5. The van der Waals surface area contributed by atoms with E-state index in [4.69, 9.17) is 28.4 Å². The van der Waals surface area contributed by atoms with Crippen LogP contribution in [0.3, 0.4) is 0 Å². The van der Waals surface area contributed by atoms with E-state index in [-0.39, 0.29) is 18.9 Å². The lowest BCUT2D eigenvalue weighted by atomic mass is 9.96. The van der Waals surface area contributed by atoms with Gasteiger partial charge in [-0.25, -0.2) is 0 Å². The maximum Gasteiger partial charge on any atom is 0.220 e. The molecule has 3 rings (SSSR count). The van der Waals surface area contributed by atoms with Crippen molar-refractivity contribution in [1.29, 1.82) is 0 Å². The van der Waals surface area contributed by atoms with Crippen LogP contribution in [0.1, 0.15) is 219 Å². The fourth-order valence-electron chi connectivity index (χ4n) is 11.0. The summed E-state index contributed by atoms with van der Waals surface area (Å²) in [6.45, 7) is 1.57. The fraction of sp³-hybridized carbons (Fsp3) is 0.809. The fourth-order valence-corrected chi connectivity index (χ4v) is 11.0. The first kappa shape index (κ1) is 78.5. The molecule has 0 saturated carbocycles. The molecule has 0 aromatic heterocycles. The number of aliphatic hydroxyl groups is 11. The number of ether oxygens (including phenoxy) is 6. The standard InChI is InChI=1S/C68H119NO18/c1-3-5-7-9-11-13-15-17-19-20-21-22-23-24-25-26-27-28-29-30-32-33-35-37-39-41-43-45-52(73)51(69-56(74)46-44-42-40-38-36-34-31-18-16-14-12-10-8-6-4-2)50-82-66-62(80)59(77)64(54(48-71)84-66)87-68-63(81)60(78)65(55(49-72)85-68)86-67-61(79)58(76)57(75)53(47-70)83-67/h6,8,12,14,18,29-31,35,37,43,45,51-55,57-68,70-73,75-81H,3-5,7,9-11,13,15-17,19-28,32-34,36,38-42,44,46-50H2,1-2H3,(H,69,74)/b8-6-,14-12-,30-29+,31-18-,37-35+,45-43+. The molecule has 17 atom stereocenters. The molecule has 19 heteroatoms. The van der Waals surface area contributed by atoms with Gasteiger partial charge in [-0.15, -0.1) is 0 Å². The Labute approximate surface area is 521 Å². The molecule has 1 amide bonds. The normalized spacial score (nSPS) is 29.0. The van der Waals surface area contributed by atoms with E-state index in [0.717, 1.165) is 77.0 Å². The molecule has 0 spiro atoms. The highest BCUT2D eigenvalue weighted by Gasteiger charge is 2.53. The number of aliphatic hydroxyl groups excluding tert-OH is 11. The average Bonchev–Trinajstić information content (AvgIpc) is 2.90. The van der Waals surface area contributed by atoms with Crippen molar-refractivity contribution in [3.05, 3.63) is 72.9 Å². The van der Waals surface area contributed by atoms with E-state index in [1.54, 1.807) is 6.08 Å². The van der Waals surface area contributed by atoms with Gasteiger partial charge in [-0.1, -0.05) is 209 Å². The molecule has 3 saturated heterocycles. The van der Waals surface area contributed by atoms with E-state index in [9.17, 15) is 61.0 Å². The molecule has 19 nitrogen and oxygen atoms in total. The van der Waals surface area contributed by atoms with Gasteiger partial charge < -0.3 is 89.9 Å². The predicted molar refractivity (Wildman–Crippen MR) is 337 cm³/mol. The molecule has 3 aliphatic rings. The van der Waals surface area contributed by atoms with Crippen LogP contribution in [0, 0.1) is 0 Å². The molecule has 0 bridgehead atoms. The minimum atomic E-state index is -1.99. The first-order chi connectivity index (χ1) is 42.3. The number of amides is 1. The molecular formula is C68H119NO18. The van der Waals surface area contributed by atoms with Gasteiger partial charge in [-0.3, -0.25) is 4.79 Å². The molecule has 3 heterocycles. The van der Waals surface area contributed by atoms with Gasteiger partial charge >= 0.3 is 0 Å². The van der Waals surface area contributed by atoms with Crippen molar-refractivity contribution in [2.45, 2.75) is 324 Å². The molecule has 0 radical (unpaired) electrons. The highest BCUT2D eigenvalue weighted by Crippen LogP contribution is 2.33. The lowest BCUT2D eigenvalue weighted by molar-refractivity contribution is -0.379. The molecule has 3 aliphatic heterocycles. The topological polar surface area (TPSA) is 307 Å². The van der Waals surface area contributed by atoms with Crippen LogP contribution >= 0.6 is 0 Å².